The Hall–Kier alpha value is -2.21. The Kier molecular flexibility index (Phi) is 5.38. The molecule has 27 heavy (non-hydrogen) atoms. The first kappa shape index (κ1) is 19.5. The third-order valence-corrected chi connectivity index (χ3v) is 4.70. The maximum Gasteiger partial charge on any atom is 0.410 e. The molecule has 0 bridgehead atoms. The van der Waals surface area contributed by atoms with Crippen molar-refractivity contribution in [1.82, 2.24) is 9.88 Å². The third kappa shape index (κ3) is 4.56. The van der Waals surface area contributed by atoms with E-state index in [-0.39, 0.29) is 6.09 Å². The van der Waals surface area contributed by atoms with Gasteiger partial charge in [0.2, 0.25) is 0 Å². The van der Waals surface area contributed by atoms with Gasteiger partial charge < -0.3 is 19.4 Å². The summed E-state index contributed by atoms with van der Waals surface area (Å²) >= 11 is 6.17. The number of hydrogen-bond donors (Lipinski definition) is 0. The van der Waals surface area contributed by atoms with Crippen molar-refractivity contribution in [3.05, 3.63) is 29.3 Å². The van der Waals surface area contributed by atoms with Gasteiger partial charge in [-0.2, -0.15) is 0 Å². The standard InChI is InChI=1S/C20H27ClN4O2/c1-20(2,3)27-19(26)25-10-8-24(9-11-25)17-13-18(23(4)5)22-16-12-14(21)6-7-15(16)17/h6-7,12-13H,8-11H2,1-5H3. The summed E-state index contributed by atoms with van der Waals surface area (Å²) in [4.78, 5) is 23.1. The molecule has 0 spiro atoms. The summed E-state index contributed by atoms with van der Waals surface area (Å²) < 4.78 is 5.49. The Labute approximate surface area is 165 Å². The van der Waals surface area contributed by atoms with Gasteiger partial charge in [0.05, 0.1) is 5.52 Å². The summed E-state index contributed by atoms with van der Waals surface area (Å²) in [5.41, 5.74) is 1.51. The highest BCUT2D eigenvalue weighted by atomic mass is 35.5. The molecule has 0 radical (unpaired) electrons. The lowest BCUT2D eigenvalue weighted by Crippen LogP contribution is -2.50. The van der Waals surface area contributed by atoms with Crippen LogP contribution in [0.25, 0.3) is 10.9 Å². The highest BCUT2D eigenvalue weighted by molar-refractivity contribution is 6.31. The van der Waals surface area contributed by atoms with Crippen LogP contribution in [0.4, 0.5) is 16.3 Å². The smallest absolute Gasteiger partial charge is 0.410 e. The maximum absolute atomic E-state index is 12.3. The average molecular weight is 391 g/mol. The van der Waals surface area contributed by atoms with Crippen LogP contribution >= 0.6 is 11.6 Å². The molecule has 0 aliphatic carbocycles. The summed E-state index contributed by atoms with van der Waals surface area (Å²) in [5.74, 6) is 0.884. The third-order valence-electron chi connectivity index (χ3n) is 4.47. The second-order valence-electron chi connectivity index (χ2n) is 8.01. The molecule has 1 aliphatic heterocycles. The molecule has 1 saturated heterocycles. The van der Waals surface area contributed by atoms with Gasteiger partial charge in [-0.15, -0.1) is 0 Å². The predicted molar refractivity (Wildman–Crippen MR) is 111 cm³/mol. The SMILES string of the molecule is CN(C)c1cc(N2CCN(C(=O)OC(C)(C)C)CC2)c2ccc(Cl)cc2n1. The fourth-order valence-corrected chi connectivity index (χ4v) is 3.28. The summed E-state index contributed by atoms with van der Waals surface area (Å²) in [6.45, 7) is 8.41. The molecule has 1 fully saturated rings. The van der Waals surface area contributed by atoms with Crippen molar-refractivity contribution >= 4 is 40.1 Å². The molecule has 1 aliphatic rings. The molecule has 0 atom stereocenters. The fraction of sp³-hybridized carbons (Fsp3) is 0.500. The van der Waals surface area contributed by atoms with Gasteiger partial charge in [0, 0.05) is 62.4 Å². The molecule has 6 nitrogen and oxygen atoms in total. The van der Waals surface area contributed by atoms with Crippen molar-refractivity contribution < 1.29 is 9.53 Å². The van der Waals surface area contributed by atoms with Gasteiger partial charge in [-0.05, 0) is 39.0 Å². The van der Waals surface area contributed by atoms with Crippen LogP contribution in [0.5, 0.6) is 0 Å². The molecular formula is C20H27ClN4O2. The lowest BCUT2D eigenvalue weighted by atomic mass is 10.1. The molecule has 0 saturated carbocycles. The summed E-state index contributed by atoms with van der Waals surface area (Å²) in [6.07, 6.45) is -0.248. The van der Waals surface area contributed by atoms with Gasteiger partial charge in [-0.25, -0.2) is 9.78 Å². The van der Waals surface area contributed by atoms with E-state index in [1.165, 1.54) is 0 Å². The van der Waals surface area contributed by atoms with Crippen LogP contribution in [0, 0.1) is 0 Å². The number of ether oxygens (including phenoxy) is 1. The van der Waals surface area contributed by atoms with Crippen LogP contribution in [0.15, 0.2) is 24.3 Å². The van der Waals surface area contributed by atoms with E-state index in [0.717, 1.165) is 35.5 Å². The number of aromatic nitrogens is 1. The molecule has 0 N–H and O–H groups in total. The second kappa shape index (κ2) is 7.43. The molecule has 146 valence electrons. The number of nitrogens with zero attached hydrogens (tertiary/aromatic N) is 4. The predicted octanol–water partition coefficient (Wildman–Crippen LogP) is 4.01. The van der Waals surface area contributed by atoms with Gasteiger partial charge >= 0.3 is 6.09 Å². The topological polar surface area (TPSA) is 48.9 Å². The number of carbonyl (C=O) groups is 1. The van der Waals surface area contributed by atoms with Crippen LogP contribution in [-0.4, -0.2) is 61.9 Å². The van der Waals surface area contributed by atoms with Crippen LogP contribution in [0.1, 0.15) is 20.8 Å². The monoisotopic (exact) mass is 390 g/mol. The second-order valence-corrected chi connectivity index (χ2v) is 8.45. The van der Waals surface area contributed by atoms with Crippen molar-refractivity contribution in [1.29, 1.82) is 0 Å². The summed E-state index contributed by atoms with van der Waals surface area (Å²) in [5, 5.41) is 1.74. The first-order valence-corrected chi connectivity index (χ1v) is 9.52. The summed E-state index contributed by atoms with van der Waals surface area (Å²) in [6, 6.07) is 7.89. The van der Waals surface area contributed by atoms with Crippen molar-refractivity contribution in [2.24, 2.45) is 0 Å². The molecule has 1 aromatic carbocycles. The van der Waals surface area contributed by atoms with E-state index in [0.29, 0.717) is 18.1 Å². The van der Waals surface area contributed by atoms with Gasteiger partial charge in [-0.1, -0.05) is 11.6 Å². The van der Waals surface area contributed by atoms with Crippen molar-refractivity contribution in [3.63, 3.8) is 0 Å². The Morgan fingerprint density at radius 2 is 1.81 bits per heavy atom. The van der Waals surface area contributed by atoms with Crippen LogP contribution < -0.4 is 9.80 Å². The Morgan fingerprint density at radius 1 is 1.15 bits per heavy atom. The maximum atomic E-state index is 12.3. The van der Waals surface area contributed by atoms with Crippen LogP contribution in [-0.2, 0) is 4.74 Å². The van der Waals surface area contributed by atoms with Crippen molar-refractivity contribution in [2.45, 2.75) is 26.4 Å². The largest absolute Gasteiger partial charge is 0.444 e. The van der Waals surface area contributed by atoms with E-state index in [1.54, 1.807) is 4.90 Å². The average Bonchev–Trinajstić information content (AvgIpc) is 2.59. The van der Waals surface area contributed by atoms with Gasteiger partial charge in [0.1, 0.15) is 11.4 Å². The van der Waals surface area contributed by atoms with Crippen LogP contribution in [0.2, 0.25) is 5.02 Å². The number of halogens is 1. The van der Waals surface area contributed by atoms with Crippen molar-refractivity contribution in [3.8, 4) is 0 Å². The lowest BCUT2D eigenvalue weighted by molar-refractivity contribution is 0.0240. The number of rotatable bonds is 2. The van der Waals surface area contributed by atoms with Gasteiger partial charge in [0.15, 0.2) is 0 Å². The van der Waals surface area contributed by atoms with E-state index in [9.17, 15) is 4.79 Å². The first-order chi connectivity index (χ1) is 12.6. The molecule has 0 unspecified atom stereocenters. The summed E-state index contributed by atoms with van der Waals surface area (Å²) in [7, 11) is 3.95. The van der Waals surface area contributed by atoms with Gasteiger partial charge in [-0.3, -0.25) is 0 Å². The molecule has 7 heteroatoms. The number of carbonyl (C=O) groups excluding carboxylic acids is 1. The quantitative estimate of drug-likeness (QED) is 0.775. The Morgan fingerprint density at radius 3 is 2.41 bits per heavy atom. The van der Waals surface area contributed by atoms with Crippen LogP contribution in [0.3, 0.4) is 0 Å². The number of fused-ring (bicyclic) bond motifs is 1. The number of amides is 1. The van der Waals surface area contributed by atoms with E-state index in [4.69, 9.17) is 21.3 Å². The number of pyridine rings is 1. The molecule has 2 aromatic rings. The lowest BCUT2D eigenvalue weighted by Gasteiger charge is -2.37. The minimum atomic E-state index is -0.477. The fourth-order valence-electron chi connectivity index (χ4n) is 3.12. The molecular weight excluding hydrogens is 364 g/mol. The minimum Gasteiger partial charge on any atom is -0.444 e. The molecule has 1 aromatic heterocycles. The van der Waals surface area contributed by atoms with Crippen molar-refractivity contribution in [2.75, 3.05) is 50.1 Å². The zero-order chi connectivity index (χ0) is 19.8. The molecule has 1 amide bonds. The van der Waals surface area contributed by atoms with E-state index in [1.807, 2.05) is 58.0 Å². The Bertz CT molecular complexity index is 840. The number of piperazine rings is 1. The number of benzene rings is 1. The van der Waals surface area contributed by atoms with E-state index < -0.39 is 5.60 Å². The van der Waals surface area contributed by atoms with E-state index in [2.05, 4.69) is 11.0 Å². The normalized spacial score (nSPS) is 15.2. The first-order valence-electron chi connectivity index (χ1n) is 9.14. The Balaban J connectivity index is 1.83. The number of anilines is 2. The van der Waals surface area contributed by atoms with Gasteiger partial charge in [0.25, 0.3) is 0 Å². The molecule has 2 heterocycles. The zero-order valence-electron chi connectivity index (χ0n) is 16.6. The minimum absolute atomic E-state index is 0.248. The molecule has 3 rings (SSSR count). The highest BCUT2D eigenvalue weighted by Gasteiger charge is 2.27. The number of hydrogen-bond acceptors (Lipinski definition) is 5. The highest BCUT2D eigenvalue weighted by Crippen LogP contribution is 2.32. The zero-order valence-corrected chi connectivity index (χ0v) is 17.4. The van der Waals surface area contributed by atoms with E-state index >= 15 is 0 Å².